The van der Waals surface area contributed by atoms with Crippen molar-refractivity contribution in [3.8, 4) is 0 Å². The third-order valence-electron chi connectivity index (χ3n) is 5.15. The van der Waals surface area contributed by atoms with E-state index in [2.05, 4.69) is 22.1 Å². The molecule has 7 nitrogen and oxygen atoms in total. The highest BCUT2D eigenvalue weighted by Gasteiger charge is 2.30. The highest BCUT2D eigenvalue weighted by molar-refractivity contribution is 5.89. The van der Waals surface area contributed by atoms with Gasteiger partial charge in [-0.15, -0.1) is 0 Å². The summed E-state index contributed by atoms with van der Waals surface area (Å²) in [6.07, 6.45) is 3.41. The number of carbonyl (C=O) groups excluding carboxylic acids is 2. The molecule has 3 rings (SSSR count). The Morgan fingerprint density at radius 1 is 1.27 bits per heavy atom. The van der Waals surface area contributed by atoms with E-state index in [4.69, 9.17) is 4.74 Å². The quantitative estimate of drug-likeness (QED) is 0.816. The molecule has 2 aliphatic rings. The molecular formula is C19H28N4O3. The highest BCUT2D eigenvalue weighted by Crippen LogP contribution is 2.21. The Balaban J connectivity index is 1.53. The third-order valence-corrected chi connectivity index (χ3v) is 5.15. The first kappa shape index (κ1) is 18.6. The number of amides is 1. The number of nitrogens with one attached hydrogen (secondary N) is 1. The average molecular weight is 360 g/mol. The molecule has 7 heteroatoms. The highest BCUT2D eigenvalue weighted by atomic mass is 16.5. The molecule has 0 unspecified atom stereocenters. The fourth-order valence-corrected chi connectivity index (χ4v) is 3.68. The molecule has 1 aromatic heterocycles. The molecule has 0 aromatic carbocycles. The summed E-state index contributed by atoms with van der Waals surface area (Å²) in [5.41, 5.74) is 0.462. The van der Waals surface area contributed by atoms with Crippen molar-refractivity contribution in [2.75, 3.05) is 44.2 Å². The smallest absolute Gasteiger partial charge is 0.339 e. The molecule has 0 radical (unpaired) electrons. The second-order valence-electron chi connectivity index (χ2n) is 7.01. The van der Waals surface area contributed by atoms with Gasteiger partial charge in [-0.1, -0.05) is 0 Å². The summed E-state index contributed by atoms with van der Waals surface area (Å²) in [5, 5.41) is 3.40. The normalized spacial score (nSPS) is 23.6. The van der Waals surface area contributed by atoms with Gasteiger partial charge in [0.2, 0.25) is 5.91 Å². The first-order valence-corrected chi connectivity index (χ1v) is 9.48. The summed E-state index contributed by atoms with van der Waals surface area (Å²) in [7, 11) is 0. The van der Waals surface area contributed by atoms with Gasteiger partial charge >= 0.3 is 5.97 Å². The number of aromatic nitrogens is 1. The Morgan fingerprint density at radius 2 is 2.04 bits per heavy atom. The first-order chi connectivity index (χ1) is 12.6. The van der Waals surface area contributed by atoms with Crippen LogP contribution in [0.3, 0.4) is 0 Å². The minimum Gasteiger partial charge on any atom is -0.462 e. The van der Waals surface area contributed by atoms with Crippen molar-refractivity contribution in [1.82, 2.24) is 15.2 Å². The van der Waals surface area contributed by atoms with Gasteiger partial charge in [0.25, 0.3) is 0 Å². The predicted molar refractivity (Wildman–Crippen MR) is 99.2 cm³/mol. The van der Waals surface area contributed by atoms with E-state index in [0.29, 0.717) is 24.1 Å². The standard InChI is InChI=1S/C19H28N4O3/c1-3-26-19(25)16-4-5-17(21-13-16)22-8-10-23(11-9-22)18(24)15-6-7-20-14(2)12-15/h4-5,13-15,20H,3,6-12H2,1-2H3/t14-,15-/m0/s1. The number of piperazine rings is 1. The maximum atomic E-state index is 12.7. The van der Waals surface area contributed by atoms with Crippen LogP contribution in [0.5, 0.6) is 0 Å². The van der Waals surface area contributed by atoms with Crippen molar-refractivity contribution in [2.45, 2.75) is 32.7 Å². The summed E-state index contributed by atoms with van der Waals surface area (Å²) >= 11 is 0. The summed E-state index contributed by atoms with van der Waals surface area (Å²) in [6, 6.07) is 4.01. The fourth-order valence-electron chi connectivity index (χ4n) is 3.68. The van der Waals surface area contributed by atoms with Gasteiger partial charge in [-0.25, -0.2) is 9.78 Å². The van der Waals surface area contributed by atoms with E-state index in [1.807, 2.05) is 11.0 Å². The lowest BCUT2D eigenvalue weighted by molar-refractivity contribution is -0.137. The fraction of sp³-hybridized carbons (Fsp3) is 0.632. The molecule has 26 heavy (non-hydrogen) atoms. The second-order valence-corrected chi connectivity index (χ2v) is 7.01. The molecule has 0 saturated carbocycles. The van der Waals surface area contributed by atoms with Gasteiger partial charge < -0.3 is 19.9 Å². The molecule has 2 fully saturated rings. The van der Waals surface area contributed by atoms with Crippen LogP contribution in [0.1, 0.15) is 37.0 Å². The number of pyridine rings is 1. The Labute approximate surface area is 154 Å². The van der Waals surface area contributed by atoms with Crippen LogP contribution in [0, 0.1) is 5.92 Å². The Hall–Kier alpha value is -2.15. The lowest BCUT2D eigenvalue weighted by Gasteiger charge is -2.38. The molecule has 1 N–H and O–H groups in total. The van der Waals surface area contributed by atoms with Crippen LogP contribution in [-0.2, 0) is 9.53 Å². The van der Waals surface area contributed by atoms with Gasteiger partial charge in [-0.05, 0) is 45.4 Å². The van der Waals surface area contributed by atoms with Gasteiger partial charge in [0, 0.05) is 44.3 Å². The van der Waals surface area contributed by atoms with E-state index in [1.54, 1.807) is 19.2 Å². The number of esters is 1. The average Bonchev–Trinajstić information content (AvgIpc) is 2.68. The molecule has 3 heterocycles. The molecule has 2 saturated heterocycles. The SMILES string of the molecule is CCOC(=O)c1ccc(N2CCN(C(=O)[C@H]3CCN[C@@H](C)C3)CC2)nc1. The number of rotatable bonds is 4. The third kappa shape index (κ3) is 4.33. The molecule has 1 amide bonds. The van der Waals surface area contributed by atoms with Gasteiger partial charge in [-0.3, -0.25) is 4.79 Å². The lowest BCUT2D eigenvalue weighted by Crippen LogP contribution is -2.52. The summed E-state index contributed by atoms with van der Waals surface area (Å²) in [4.78, 5) is 33.0. The van der Waals surface area contributed by atoms with E-state index in [-0.39, 0.29) is 11.9 Å². The molecule has 2 aliphatic heterocycles. The van der Waals surface area contributed by atoms with Crippen LogP contribution < -0.4 is 10.2 Å². The maximum absolute atomic E-state index is 12.7. The van der Waals surface area contributed by atoms with Crippen LogP contribution in [0.25, 0.3) is 0 Å². The lowest BCUT2D eigenvalue weighted by atomic mass is 9.92. The van der Waals surface area contributed by atoms with Crippen LogP contribution in [0.4, 0.5) is 5.82 Å². The number of carbonyl (C=O) groups is 2. The number of nitrogens with zero attached hydrogens (tertiary/aromatic N) is 3. The number of ether oxygens (including phenoxy) is 1. The molecule has 0 bridgehead atoms. The summed E-state index contributed by atoms with van der Waals surface area (Å²) < 4.78 is 4.98. The summed E-state index contributed by atoms with van der Waals surface area (Å²) in [6.45, 7) is 8.17. The van der Waals surface area contributed by atoms with Crippen molar-refractivity contribution in [3.63, 3.8) is 0 Å². The second kappa shape index (κ2) is 8.49. The zero-order chi connectivity index (χ0) is 18.5. The molecule has 1 aromatic rings. The Bertz CT molecular complexity index is 626. The molecule has 0 spiro atoms. The van der Waals surface area contributed by atoms with Gasteiger partial charge in [0.1, 0.15) is 5.82 Å². The van der Waals surface area contributed by atoms with E-state index in [1.165, 1.54) is 0 Å². The van der Waals surface area contributed by atoms with Crippen molar-refractivity contribution < 1.29 is 14.3 Å². The zero-order valence-electron chi connectivity index (χ0n) is 15.6. The Morgan fingerprint density at radius 3 is 2.65 bits per heavy atom. The monoisotopic (exact) mass is 360 g/mol. The van der Waals surface area contributed by atoms with Crippen LogP contribution in [-0.4, -0.2) is 67.1 Å². The van der Waals surface area contributed by atoms with Crippen molar-refractivity contribution in [3.05, 3.63) is 23.9 Å². The van der Waals surface area contributed by atoms with Crippen molar-refractivity contribution in [1.29, 1.82) is 0 Å². The number of hydrogen-bond donors (Lipinski definition) is 1. The van der Waals surface area contributed by atoms with Crippen LogP contribution >= 0.6 is 0 Å². The maximum Gasteiger partial charge on any atom is 0.339 e. The molecule has 142 valence electrons. The Kier molecular flexibility index (Phi) is 6.08. The van der Waals surface area contributed by atoms with Crippen molar-refractivity contribution in [2.24, 2.45) is 5.92 Å². The van der Waals surface area contributed by atoms with Crippen molar-refractivity contribution >= 4 is 17.7 Å². The van der Waals surface area contributed by atoms with Crippen LogP contribution in [0.15, 0.2) is 18.3 Å². The zero-order valence-corrected chi connectivity index (χ0v) is 15.6. The van der Waals surface area contributed by atoms with E-state index in [9.17, 15) is 9.59 Å². The van der Waals surface area contributed by atoms with Gasteiger partial charge in [0.15, 0.2) is 0 Å². The van der Waals surface area contributed by atoms with E-state index in [0.717, 1.165) is 51.4 Å². The minimum absolute atomic E-state index is 0.153. The number of piperidine rings is 1. The molecule has 2 atom stereocenters. The molecular weight excluding hydrogens is 332 g/mol. The van der Waals surface area contributed by atoms with Gasteiger partial charge in [-0.2, -0.15) is 0 Å². The topological polar surface area (TPSA) is 74.8 Å². The number of hydrogen-bond acceptors (Lipinski definition) is 6. The molecule has 0 aliphatic carbocycles. The van der Waals surface area contributed by atoms with E-state index >= 15 is 0 Å². The van der Waals surface area contributed by atoms with Gasteiger partial charge in [0.05, 0.1) is 12.2 Å². The van der Waals surface area contributed by atoms with E-state index < -0.39 is 0 Å². The largest absolute Gasteiger partial charge is 0.462 e. The van der Waals surface area contributed by atoms with Crippen LogP contribution in [0.2, 0.25) is 0 Å². The predicted octanol–water partition coefficient (Wildman–Crippen LogP) is 1.29. The summed E-state index contributed by atoms with van der Waals surface area (Å²) in [5.74, 6) is 0.933. The number of anilines is 1. The minimum atomic E-state index is -0.349. The first-order valence-electron chi connectivity index (χ1n) is 9.48.